The monoisotopic (exact) mass is 316 g/mol. The summed E-state index contributed by atoms with van der Waals surface area (Å²) in [5.74, 6) is -2.34. The van der Waals surface area contributed by atoms with Crippen LogP contribution in [0, 0.1) is 12.8 Å². The zero-order valence-corrected chi connectivity index (χ0v) is 12.3. The molecule has 120 valence electrons. The Bertz CT molecular complexity index is 803. The van der Waals surface area contributed by atoms with E-state index in [-0.39, 0.29) is 17.4 Å². The molecule has 0 fully saturated rings. The highest BCUT2D eigenvalue weighted by molar-refractivity contribution is 5.67. The third kappa shape index (κ3) is 1.46. The Balaban J connectivity index is 2.03. The van der Waals surface area contributed by atoms with Crippen molar-refractivity contribution in [1.29, 1.82) is 0 Å². The fourth-order valence-corrected chi connectivity index (χ4v) is 4.05. The van der Waals surface area contributed by atoms with Crippen molar-refractivity contribution in [2.45, 2.75) is 25.4 Å². The van der Waals surface area contributed by atoms with Crippen LogP contribution in [0.1, 0.15) is 27.8 Å². The van der Waals surface area contributed by atoms with Crippen molar-refractivity contribution in [3.8, 4) is 28.7 Å². The molecule has 0 saturated carbocycles. The van der Waals surface area contributed by atoms with Gasteiger partial charge in [0.25, 0.3) is 0 Å². The van der Waals surface area contributed by atoms with E-state index in [9.17, 15) is 30.6 Å². The van der Waals surface area contributed by atoms with Crippen LogP contribution in [0.2, 0.25) is 0 Å². The van der Waals surface area contributed by atoms with Crippen molar-refractivity contribution in [1.82, 2.24) is 0 Å². The summed E-state index contributed by atoms with van der Waals surface area (Å²) in [6.07, 6.45) is 0.612. The molecule has 6 heteroatoms. The summed E-state index contributed by atoms with van der Waals surface area (Å²) < 4.78 is 0. The van der Waals surface area contributed by atoms with Crippen LogP contribution in [0.3, 0.4) is 0 Å². The van der Waals surface area contributed by atoms with Crippen LogP contribution in [-0.4, -0.2) is 30.6 Å². The predicted octanol–water partition coefficient (Wildman–Crippen LogP) is 1.49. The minimum atomic E-state index is -1.48. The standard InChI is InChI=1S/C17H16O6/c1-6-2-10-8(14(20)13(6)19)3-7-4-9-11(17(7,10)23)5-12(18)16(22)15(9)21/h2,5,7,18-23H,3-4H2,1H3. The number of hydrogen-bond donors (Lipinski definition) is 6. The molecule has 0 aromatic heterocycles. The third-order valence-electron chi connectivity index (χ3n) is 5.24. The van der Waals surface area contributed by atoms with Crippen molar-refractivity contribution >= 4 is 0 Å². The summed E-state index contributed by atoms with van der Waals surface area (Å²) >= 11 is 0. The molecule has 2 aromatic rings. The number of aromatic hydroxyl groups is 5. The van der Waals surface area contributed by atoms with Gasteiger partial charge in [-0.3, -0.25) is 0 Å². The van der Waals surface area contributed by atoms with Crippen molar-refractivity contribution < 1.29 is 30.6 Å². The van der Waals surface area contributed by atoms with E-state index in [2.05, 4.69) is 0 Å². The minimum Gasteiger partial charge on any atom is -0.504 e. The lowest BCUT2D eigenvalue weighted by molar-refractivity contribution is 0.0440. The average molecular weight is 316 g/mol. The molecular weight excluding hydrogens is 300 g/mol. The minimum absolute atomic E-state index is 0.205. The number of fused-ring (bicyclic) bond motifs is 5. The molecule has 0 spiro atoms. The molecule has 6 nitrogen and oxygen atoms in total. The van der Waals surface area contributed by atoms with Crippen molar-refractivity contribution in [3.63, 3.8) is 0 Å². The van der Waals surface area contributed by atoms with Gasteiger partial charge in [-0.2, -0.15) is 0 Å². The van der Waals surface area contributed by atoms with E-state index in [4.69, 9.17) is 0 Å². The van der Waals surface area contributed by atoms with Gasteiger partial charge in [-0.1, -0.05) is 0 Å². The predicted molar refractivity (Wildman–Crippen MR) is 79.8 cm³/mol. The summed E-state index contributed by atoms with van der Waals surface area (Å²) in [6, 6.07) is 2.86. The fourth-order valence-electron chi connectivity index (χ4n) is 4.05. The van der Waals surface area contributed by atoms with Gasteiger partial charge in [0.05, 0.1) is 0 Å². The first-order valence-corrected chi connectivity index (χ1v) is 7.31. The van der Waals surface area contributed by atoms with Crippen molar-refractivity contribution in [3.05, 3.63) is 39.9 Å². The normalized spacial score (nSPS) is 24.3. The van der Waals surface area contributed by atoms with Crippen LogP contribution in [0.15, 0.2) is 12.1 Å². The third-order valence-corrected chi connectivity index (χ3v) is 5.24. The molecule has 23 heavy (non-hydrogen) atoms. The number of benzene rings is 2. The largest absolute Gasteiger partial charge is 0.504 e. The lowest BCUT2D eigenvalue weighted by Gasteiger charge is -2.26. The van der Waals surface area contributed by atoms with Gasteiger partial charge < -0.3 is 30.6 Å². The lowest BCUT2D eigenvalue weighted by Crippen LogP contribution is -2.28. The summed E-state index contributed by atoms with van der Waals surface area (Å²) in [6.45, 7) is 1.62. The van der Waals surface area contributed by atoms with Gasteiger partial charge in [0.1, 0.15) is 5.60 Å². The number of rotatable bonds is 0. The molecule has 2 atom stereocenters. The molecule has 0 amide bonds. The zero-order valence-electron chi connectivity index (χ0n) is 12.3. The number of phenolic OH excluding ortho intramolecular Hbond substituents is 5. The topological polar surface area (TPSA) is 121 Å². The maximum absolute atomic E-state index is 11.3. The molecule has 4 rings (SSSR count). The van der Waals surface area contributed by atoms with Crippen LogP contribution in [0.5, 0.6) is 28.7 Å². The Morgan fingerprint density at radius 3 is 1.96 bits per heavy atom. The van der Waals surface area contributed by atoms with E-state index in [0.29, 0.717) is 40.7 Å². The summed E-state index contributed by atoms with van der Waals surface area (Å²) in [4.78, 5) is 0. The summed E-state index contributed by atoms with van der Waals surface area (Å²) in [5, 5.41) is 60.9. The van der Waals surface area contributed by atoms with Crippen LogP contribution in [-0.2, 0) is 18.4 Å². The number of aryl methyl sites for hydroxylation is 1. The summed E-state index contributed by atoms with van der Waals surface area (Å²) in [7, 11) is 0. The Morgan fingerprint density at radius 1 is 0.826 bits per heavy atom. The maximum Gasteiger partial charge on any atom is 0.200 e. The smallest absolute Gasteiger partial charge is 0.200 e. The highest BCUT2D eigenvalue weighted by Gasteiger charge is 2.54. The van der Waals surface area contributed by atoms with Crippen LogP contribution in [0.4, 0.5) is 0 Å². The van der Waals surface area contributed by atoms with Gasteiger partial charge in [0, 0.05) is 17.0 Å². The highest BCUT2D eigenvalue weighted by atomic mass is 16.3. The van der Waals surface area contributed by atoms with Gasteiger partial charge in [-0.05, 0) is 48.6 Å². The maximum atomic E-state index is 11.3. The van der Waals surface area contributed by atoms with Crippen molar-refractivity contribution in [2.75, 3.05) is 0 Å². The van der Waals surface area contributed by atoms with Crippen LogP contribution < -0.4 is 0 Å². The van der Waals surface area contributed by atoms with E-state index < -0.39 is 22.8 Å². The second kappa shape index (κ2) is 4.02. The van der Waals surface area contributed by atoms with E-state index in [1.54, 1.807) is 13.0 Å². The van der Waals surface area contributed by atoms with Gasteiger partial charge in [0.2, 0.25) is 5.75 Å². The molecule has 6 N–H and O–H groups in total. The Labute approximate surface area is 131 Å². The molecule has 0 radical (unpaired) electrons. The number of phenols is 5. The van der Waals surface area contributed by atoms with Gasteiger partial charge in [0.15, 0.2) is 23.0 Å². The second-order valence-electron chi connectivity index (χ2n) is 6.41. The molecule has 0 aliphatic heterocycles. The lowest BCUT2D eigenvalue weighted by atomic mass is 9.85. The zero-order chi connectivity index (χ0) is 16.7. The number of hydrogen-bond acceptors (Lipinski definition) is 6. The Kier molecular flexibility index (Phi) is 2.45. The first-order valence-electron chi connectivity index (χ1n) is 7.31. The second-order valence-corrected chi connectivity index (χ2v) is 6.41. The van der Waals surface area contributed by atoms with Gasteiger partial charge in [-0.15, -0.1) is 0 Å². The quantitative estimate of drug-likeness (QED) is 0.410. The highest BCUT2D eigenvalue weighted by Crippen LogP contribution is 2.59. The molecule has 0 heterocycles. The van der Waals surface area contributed by atoms with Gasteiger partial charge in [-0.25, -0.2) is 0 Å². The fraction of sp³-hybridized carbons (Fsp3) is 0.294. The molecule has 2 aliphatic rings. The average Bonchev–Trinajstić information content (AvgIpc) is 2.94. The van der Waals surface area contributed by atoms with E-state index >= 15 is 0 Å². The first-order chi connectivity index (χ1) is 10.8. The number of aliphatic hydroxyl groups is 1. The molecule has 2 aliphatic carbocycles. The van der Waals surface area contributed by atoms with E-state index in [1.165, 1.54) is 6.07 Å². The summed E-state index contributed by atoms with van der Waals surface area (Å²) in [5.41, 5.74) is 0.582. The van der Waals surface area contributed by atoms with Crippen molar-refractivity contribution in [2.24, 2.45) is 5.92 Å². The SMILES string of the molecule is Cc1cc2c(c(O)c1O)CC1Cc3c(cc(O)c(O)c3O)C21O. The van der Waals surface area contributed by atoms with Crippen LogP contribution in [0.25, 0.3) is 0 Å². The van der Waals surface area contributed by atoms with E-state index in [1.807, 2.05) is 0 Å². The van der Waals surface area contributed by atoms with Gasteiger partial charge >= 0.3 is 0 Å². The Morgan fingerprint density at radius 2 is 1.35 bits per heavy atom. The van der Waals surface area contributed by atoms with E-state index in [0.717, 1.165) is 0 Å². The molecular formula is C17H16O6. The molecule has 2 aromatic carbocycles. The Hall–Kier alpha value is -2.60. The molecule has 0 bridgehead atoms. The first kappa shape index (κ1) is 14.0. The van der Waals surface area contributed by atoms with Crippen LogP contribution >= 0.6 is 0 Å². The molecule has 2 unspecified atom stereocenters. The molecule has 0 saturated heterocycles.